The standard InChI is InChI=1S/C19H26FNO3/c1-12-4-6-13(7-5-12)21(14-8-9-14)19(22)15-10-17(23-2)18(24-3)11-16(15)20/h10-14H,4-9H2,1-3H3. The molecule has 2 saturated carbocycles. The topological polar surface area (TPSA) is 38.8 Å². The van der Waals surface area contributed by atoms with E-state index in [-0.39, 0.29) is 23.6 Å². The van der Waals surface area contributed by atoms with Crippen LogP contribution in [0.3, 0.4) is 0 Å². The molecule has 0 heterocycles. The van der Waals surface area contributed by atoms with Crippen molar-refractivity contribution in [3.05, 3.63) is 23.5 Å². The van der Waals surface area contributed by atoms with Gasteiger partial charge in [0.2, 0.25) is 0 Å². The van der Waals surface area contributed by atoms with Crippen LogP contribution in [0.2, 0.25) is 0 Å². The van der Waals surface area contributed by atoms with Gasteiger partial charge in [0.15, 0.2) is 11.5 Å². The maximum atomic E-state index is 14.5. The van der Waals surface area contributed by atoms with Crippen LogP contribution in [0.15, 0.2) is 12.1 Å². The molecule has 5 heteroatoms. The zero-order valence-corrected chi connectivity index (χ0v) is 14.7. The van der Waals surface area contributed by atoms with E-state index in [1.54, 1.807) is 0 Å². The van der Waals surface area contributed by atoms with Crippen LogP contribution in [0.25, 0.3) is 0 Å². The lowest BCUT2D eigenvalue weighted by molar-refractivity contribution is 0.0588. The van der Waals surface area contributed by atoms with Gasteiger partial charge < -0.3 is 14.4 Å². The monoisotopic (exact) mass is 335 g/mol. The number of carbonyl (C=O) groups is 1. The predicted molar refractivity (Wildman–Crippen MR) is 90.1 cm³/mol. The molecule has 1 aromatic carbocycles. The van der Waals surface area contributed by atoms with Gasteiger partial charge in [-0.25, -0.2) is 4.39 Å². The SMILES string of the molecule is COc1cc(F)c(C(=O)N(C2CCC(C)CC2)C2CC2)cc1OC. The summed E-state index contributed by atoms with van der Waals surface area (Å²) < 4.78 is 24.8. The Morgan fingerprint density at radius 2 is 1.50 bits per heavy atom. The van der Waals surface area contributed by atoms with Crippen molar-refractivity contribution in [2.75, 3.05) is 14.2 Å². The highest BCUT2D eigenvalue weighted by molar-refractivity contribution is 5.96. The van der Waals surface area contributed by atoms with Crippen molar-refractivity contribution >= 4 is 5.91 Å². The molecule has 0 aromatic heterocycles. The molecule has 0 atom stereocenters. The lowest BCUT2D eigenvalue weighted by Crippen LogP contribution is -2.44. The number of halogens is 1. The first-order valence-electron chi connectivity index (χ1n) is 8.79. The Morgan fingerprint density at radius 3 is 2.00 bits per heavy atom. The number of methoxy groups -OCH3 is 2. The fourth-order valence-corrected chi connectivity index (χ4v) is 3.66. The van der Waals surface area contributed by atoms with Crippen LogP contribution < -0.4 is 9.47 Å². The molecule has 0 aliphatic heterocycles. The third-order valence-electron chi connectivity index (χ3n) is 5.26. The molecule has 3 rings (SSSR count). The second kappa shape index (κ2) is 6.99. The van der Waals surface area contributed by atoms with Crippen molar-refractivity contribution in [2.45, 2.75) is 57.5 Å². The summed E-state index contributed by atoms with van der Waals surface area (Å²) in [6.45, 7) is 2.26. The van der Waals surface area contributed by atoms with Gasteiger partial charge in [0.25, 0.3) is 5.91 Å². The molecular formula is C19H26FNO3. The number of carbonyl (C=O) groups excluding carboxylic acids is 1. The number of amides is 1. The molecule has 0 saturated heterocycles. The van der Waals surface area contributed by atoms with Gasteiger partial charge in [0.05, 0.1) is 19.8 Å². The largest absolute Gasteiger partial charge is 0.493 e. The highest BCUT2D eigenvalue weighted by Gasteiger charge is 2.39. The van der Waals surface area contributed by atoms with Crippen molar-refractivity contribution in [3.63, 3.8) is 0 Å². The number of hydrogen-bond donors (Lipinski definition) is 0. The summed E-state index contributed by atoms with van der Waals surface area (Å²) in [5.41, 5.74) is 0.0816. The highest BCUT2D eigenvalue weighted by atomic mass is 19.1. The van der Waals surface area contributed by atoms with Gasteiger partial charge in [0, 0.05) is 18.2 Å². The minimum atomic E-state index is -0.549. The Bertz CT molecular complexity index is 607. The Hall–Kier alpha value is -1.78. The van der Waals surface area contributed by atoms with E-state index < -0.39 is 5.82 Å². The van der Waals surface area contributed by atoms with Gasteiger partial charge in [-0.3, -0.25) is 4.79 Å². The van der Waals surface area contributed by atoms with E-state index in [1.165, 1.54) is 26.4 Å². The first kappa shape index (κ1) is 17.1. The summed E-state index contributed by atoms with van der Waals surface area (Å²) >= 11 is 0. The number of hydrogen-bond acceptors (Lipinski definition) is 3. The summed E-state index contributed by atoms with van der Waals surface area (Å²) in [7, 11) is 2.95. The Balaban J connectivity index is 1.88. The van der Waals surface area contributed by atoms with Crippen LogP contribution in [0.5, 0.6) is 11.5 Å². The molecule has 4 nitrogen and oxygen atoms in total. The summed E-state index contributed by atoms with van der Waals surface area (Å²) in [6, 6.07) is 3.20. The van der Waals surface area contributed by atoms with Crippen LogP contribution in [0.1, 0.15) is 55.8 Å². The van der Waals surface area contributed by atoms with Gasteiger partial charge in [-0.05, 0) is 50.5 Å². The van der Waals surface area contributed by atoms with Crippen molar-refractivity contribution in [3.8, 4) is 11.5 Å². The Kier molecular flexibility index (Phi) is 4.97. The van der Waals surface area contributed by atoms with Crippen molar-refractivity contribution in [2.24, 2.45) is 5.92 Å². The zero-order valence-electron chi connectivity index (χ0n) is 14.7. The fourth-order valence-electron chi connectivity index (χ4n) is 3.66. The Labute approximate surface area is 142 Å². The third kappa shape index (κ3) is 3.35. The first-order valence-corrected chi connectivity index (χ1v) is 8.79. The average Bonchev–Trinajstić information content (AvgIpc) is 3.41. The molecule has 1 aromatic rings. The van der Waals surface area contributed by atoms with Crippen LogP contribution in [-0.2, 0) is 0 Å². The second-order valence-corrected chi connectivity index (χ2v) is 7.04. The lowest BCUT2D eigenvalue weighted by Gasteiger charge is -2.36. The molecular weight excluding hydrogens is 309 g/mol. The van der Waals surface area contributed by atoms with E-state index in [0.29, 0.717) is 11.5 Å². The van der Waals surface area contributed by atoms with E-state index in [4.69, 9.17) is 9.47 Å². The minimum Gasteiger partial charge on any atom is -0.493 e. The maximum Gasteiger partial charge on any atom is 0.257 e. The quantitative estimate of drug-likeness (QED) is 0.815. The van der Waals surface area contributed by atoms with Gasteiger partial charge in [0.1, 0.15) is 5.82 Å². The zero-order chi connectivity index (χ0) is 17.3. The summed E-state index contributed by atoms with van der Waals surface area (Å²) in [6.07, 6.45) is 6.33. The van der Waals surface area contributed by atoms with E-state index in [1.807, 2.05) is 4.90 Å². The summed E-state index contributed by atoms with van der Waals surface area (Å²) in [5, 5.41) is 0. The van der Waals surface area contributed by atoms with Crippen molar-refractivity contribution < 1.29 is 18.7 Å². The summed E-state index contributed by atoms with van der Waals surface area (Å²) in [5.74, 6) is 0.643. The van der Waals surface area contributed by atoms with Gasteiger partial charge in [-0.15, -0.1) is 0 Å². The number of ether oxygens (including phenoxy) is 2. The molecule has 2 fully saturated rings. The molecule has 0 bridgehead atoms. The second-order valence-electron chi connectivity index (χ2n) is 7.04. The lowest BCUT2D eigenvalue weighted by atomic mass is 9.86. The third-order valence-corrected chi connectivity index (χ3v) is 5.26. The fraction of sp³-hybridized carbons (Fsp3) is 0.632. The summed E-state index contributed by atoms with van der Waals surface area (Å²) in [4.78, 5) is 15.0. The van der Waals surface area contributed by atoms with Gasteiger partial charge in [-0.1, -0.05) is 6.92 Å². The van der Waals surface area contributed by atoms with E-state index in [2.05, 4.69) is 6.92 Å². The van der Waals surface area contributed by atoms with E-state index in [0.717, 1.165) is 44.4 Å². The van der Waals surface area contributed by atoms with E-state index in [9.17, 15) is 9.18 Å². The van der Waals surface area contributed by atoms with E-state index >= 15 is 0 Å². The highest BCUT2D eigenvalue weighted by Crippen LogP contribution is 2.38. The smallest absolute Gasteiger partial charge is 0.257 e. The normalized spacial score (nSPS) is 23.7. The molecule has 1 amide bonds. The van der Waals surface area contributed by atoms with Crippen LogP contribution in [-0.4, -0.2) is 37.1 Å². The van der Waals surface area contributed by atoms with Gasteiger partial charge in [-0.2, -0.15) is 0 Å². The average molecular weight is 335 g/mol. The number of benzene rings is 1. The molecule has 0 N–H and O–H groups in total. The number of nitrogens with zero attached hydrogens (tertiary/aromatic N) is 1. The molecule has 2 aliphatic carbocycles. The molecule has 2 aliphatic rings. The Morgan fingerprint density at radius 1 is 1.00 bits per heavy atom. The molecule has 24 heavy (non-hydrogen) atoms. The molecule has 132 valence electrons. The van der Waals surface area contributed by atoms with Crippen molar-refractivity contribution in [1.29, 1.82) is 0 Å². The van der Waals surface area contributed by atoms with Crippen LogP contribution in [0.4, 0.5) is 4.39 Å². The van der Waals surface area contributed by atoms with Crippen molar-refractivity contribution in [1.82, 2.24) is 4.90 Å². The molecule has 0 unspecified atom stereocenters. The van der Waals surface area contributed by atoms with Crippen LogP contribution in [0, 0.1) is 11.7 Å². The predicted octanol–water partition coefficient (Wildman–Crippen LogP) is 4.03. The van der Waals surface area contributed by atoms with Crippen LogP contribution >= 0.6 is 0 Å². The maximum absolute atomic E-state index is 14.5. The minimum absolute atomic E-state index is 0.0816. The molecule has 0 radical (unpaired) electrons. The van der Waals surface area contributed by atoms with Gasteiger partial charge >= 0.3 is 0 Å². The first-order chi connectivity index (χ1) is 11.5. The molecule has 0 spiro atoms. The number of rotatable bonds is 5.